The van der Waals surface area contributed by atoms with Gasteiger partial charge >= 0.3 is 0 Å². The van der Waals surface area contributed by atoms with Crippen molar-refractivity contribution in [2.24, 2.45) is 0 Å². The molecule has 22 heavy (non-hydrogen) atoms. The summed E-state index contributed by atoms with van der Waals surface area (Å²) in [7, 11) is 4.11. The Hall–Kier alpha value is -1.83. The quantitative estimate of drug-likeness (QED) is 0.812. The molecule has 7 nitrogen and oxygen atoms in total. The molecule has 0 spiro atoms. The van der Waals surface area contributed by atoms with Crippen molar-refractivity contribution >= 4 is 0 Å². The summed E-state index contributed by atoms with van der Waals surface area (Å²) >= 11 is 0. The van der Waals surface area contributed by atoms with Gasteiger partial charge in [0.05, 0.1) is 19.3 Å². The third-order valence-electron chi connectivity index (χ3n) is 3.54. The summed E-state index contributed by atoms with van der Waals surface area (Å²) in [6.07, 6.45) is 3.68. The molecule has 1 fully saturated rings. The lowest BCUT2D eigenvalue weighted by Gasteiger charge is -2.33. The Morgan fingerprint density at radius 1 is 1.41 bits per heavy atom. The Labute approximate surface area is 129 Å². The van der Waals surface area contributed by atoms with E-state index in [9.17, 15) is 0 Å². The Morgan fingerprint density at radius 3 is 3.09 bits per heavy atom. The van der Waals surface area contributed by atoms with Crippen LogP contribution in [0.1, 0.15) is 5.89 Å². The van der Waals surface area contributed by atoms with Crippen molar-refractivity contribution in [1.82, 2.24) is 24.9 Å². The number of rotatable bonds is 5. The summed E-state index contributed by atoms with van der Waals surface area (Å²) in [5, 5.41) is 4.03. The van der Waals surface area contributed by atoms with Gasteiger partial charge in [-0.25, -0.2) is 0 Å². The first-order valence-corrected chi connectivity index (χ1v) is 7.42. The average molecular weight is 303 g/mol. The highest BCUT2D eigenvalue weighted by Gasteiger charge is 2.22. The Kier molecular flexibility index (Phi) is 4.77. The lowest BCUT2D eigenvalue weighted by molar-refractivity contribution is -0.0430. The zero-order chi connectivity index (χ0) is 15.4. The van der Waals surface area contributed by atoms with Gasteiger partial charge in [0.25, 0.3) is 0 Å². The zero-order valence-corrected chi connectivity index (χ0v) is 13.0. The molecule has 0 N–H and O–H groups in total. The summed E-state index contributed by atoms with van der Waals surface area (Å²) in [6, 6.07) is 3.78. The van der Waals surface area contributed by atoms with Crippen LogP contribution in [0, 0.1) is 0 Å². The molecule has 3 heterocycles. The summed E-state index contributed by atoms with van der Waals surface area (Å²) in [5.41, 5.74) is 0.866. The van der Waals surface area contributed by atoms with Gasteiger partial charge in [-0.05, 0) is 26.2 Å². The van der Waals surface area contributed by atoms with E-state index in [0.29, 0.717) is 18.3 Å². The second-order valence-electron chi connectivity index (χ2n) is 5.74. The second-order valence-corrected chi connectivity index (χ2v) is 5.74. The average Bonchev–Trinajstić information content (AvgIpc) is 2.96. The maximum absolute atomic E-state index is 5.77. The molecule has 1 atom stereocenters. The molecular formula is C15H21N5O2. The molecule has 3 rings (SSSR count). The van der Waals surface area contributed by atoms with E-state index in [-0.39, 0.29) is 6.10 Å². The number of likely N-dealkylation sites (N-methyl/N-ethyl adjacent to an activating group) is 1. The summed E-state index contributed by atoms with van der Waals surface area (Å²) < 4.78 is 11.1. The van der Waals surface area contributed by atoms with Crippen molar-refractivity contribution in [3.05, 3.63) is 30.4 Å². The summed E-state index contributed by atoms with van der Waals surface area (Å²) in [5.74, 6) is 1.21. The molecule has 0 saturated carbocycles. The summed E-state index contributed by atoms with van der Waals surface area (Å²) in [4.78, 5) is 13.0. The Morgan fingerprint density at radius 2 is 2.32 bits per heavy atom. The lowest BCUT2D eigenvalue weighted by atomic mass is 10.2. The van der Waals surface area contributed by atoms with Gasteiger partial charge in [-0.15, -0.1) is 0 Å². The minimum Gasteiger partial charge on any atom is -0.374 e. The van der Waals surface area contributed by atoms with Gasteiger partial charge < -0.3 is 14.2 Å². The SMILES string of the molecule is CN(C)C[C@@H]1CN(Cc2nc(-c3cccnc3)no2)CCO1. The van der Waals surface area contributed by atoms with Gasteiger partial charge in [-0.2, -0.15) is 4.98 Å². The van der Waals surface area contributed by atoms with Gasteiger partial charge in [-0.3, -0.25) is 9.88 Å². The minimum absolute atomic E-state index is 0.226. The molecule has 0 amide bonds. The van der Waals surface area contributed by atoms with E-state index in [1.165, 1.54) is 0 Å². The highest BCUT2D eigenvalue weighted by Crippen LogP contribution is 2.15. The molecule has 1 saturated heterocycles. The van der Waals surface area contributed by atoms with Gasteiger partial charge in [0.1, 0.15) is 0 Å². The van der Waals surface area contributed by atoms with Crippen molar-refractivity contribution in [2.75, 3.05) is 40.3 Å². The highest BCUT2D eigenvalue weighted by molar-refractivity contribution is 5.51. The maximum Gasteiger partial charge on any atom is 0.241 e. The number of pyridine rings is 1. The van der Waals surface area contributed by atoms with Crippen LogP contribution in [-0.2, 0) is 11.3 Å². The number of ether oxygens (including phenoxy) is 1. The van der Waals surface area contributed by atoms with Gasteiger partial charge in [-0.1, -0.05) is 5.16 Å². The normalized spacial score (nSPS) is 19.7. The van der Waals surface area contributed by atoms with Gasteiger partial charge in [0, 0.05) is 37.6 Å². The maximum atomic E-state index is 5.77. The molecule has 1 aliphatic rings. The fourth-order valence-electron chi connectivity index (χ4n) is 2.56. The van der Waals surface area contributed by atoms with E-state index in [0.717, 1.165) is 31.8 Å². The van der Waals surface area contributed by atoms with Crippen LogP contribution in [0.3, 0.4) is 0 Å². The molecule has 0 bridgehead atoms. The van der Waals surface area contributed by atoms with Crippen molar-refractivity contribution < 1.29 is 9.26 Å². The third-order valence-corrected chi connectivity index (χ3v) is 3.54. The first kappa shape index (κ1) is 15.1. The molecule has 0 radical (unpaired) electrons. The smallest absolute Gasteiger partial charge is 0.241 e. The van der Waals surface area contributed by atoms with Crippen LogP contribution < -0.4 is 0 Å². The van der Waals surface area contributed by atoms with E-state index in [1.54, 1.807) is 12.4 Å². The van der Waals surface area contributed by atoms with E-state index in [1.807, 2.05) is 12.1 Å². The van der Waals surface area contributed by atoms with Crippen LogP contribution in [0.25, 0.3) is 11.4 Å². The van der Waals surface area contributed by atoms with Crippen molar-refractivity contribution in [3.63, 3.8) is 0 Å². The van der Waals surface area contributed by atoms with Crippen LogP contribution in [0.2, 0.25) is 0 Å². The predicted molar refractivity (Wildman–Crippen MR) is 81.1 cm³/mol. The van der Waals surface area contributed by atoms with E-state index >= 15 is 0 Å². The number of aromatic nitrogens is 3. The monoisotopic (exact) mass is 303 g/mol. The van der Waals surface area contributed by atoms with Crippen molar-refractivity contribution in [3.8, 4) is 11.4 Å². The van der Waals surface area contributed by atoms with Crippen molar-refractivity contribution in [2.45, 2.75) is 12.6 Å². The van der Waals surface area contributed by atoms with Gasteiger partial charge in [0.15, 0.2) is 0 Å². The van der Waals surface area contributed by atoms with E-state index in [4.69, 9.17) is 9.26 Å². The Balaban J connectivity index is 1.60. The van der Waals surface area contributed by atoms with Gasteiger partial charge in [0.2, 0.25) is 11.7 Å². The highest BCUT2D eigenvalue weighted by atomic mass is 16.5. The second kappa shape index (κ2) is 6.95. The summed E-state index contributed by atoms with van der Waals surface area (Å²) in [6.45, 7) is 4.07. The minimum atomic E-state index is 0.226. The molecule has 1 aliphatic heterocycles. The Bertz CT molecular complexity index is 587. The predicted octanol–water partition coefficient (Wildman–Crippen LogP) is 0.894. The molecule has 0 aliphatic carbocycles. The standard InChI is InChI=1S/C15H21N5O2/c1-19(2)9-13-10-20(6-7-21-13)11-14-17-15(18-22-14)12-4-3-5-16-8-12/h3-5,8,13H,6-7,9-11H2,1-2H3/t13-/m1/s1. The first-order valence-electron chi connectivity index (χ1n) is 7.42. The molecule has 0 aromatic carbocycles. The molecule has 2 aromatic heterocycles. The van der Waals surface area contributed by atoms with Crippen LogP contribution in [0.15, 0.2) is 29.0 Å². The number of nitrogens with zero attached hydrogens (tertiary/aromatic N) is 5. The van der Waals surface area contributed by atoms with Crippen LogP contribution in [-0.4, -0.2) is 71.4 Å². The van der Waals surface area contributed by atoms with Crippen LogP contribution in [0.5, 0.6) is 0 Å². The topological polar surface area (TPSA) is 67.5 Å². The molecule has 2 aromatic rings. The molecule has 7 heteroatoms. The van der Waals surface area contributed by atoms with E-state index < -0.39 is 0 Å². The number of morpholine rings is 1. The fourth-order valence-corrected chi connectivity index (χ4v) is 2.56. The lowest BCUT2D eigenvalue weighted by Crippen LogP contribution is -2.46. The fraction of sp³-hybridized carbons (Fsp3) is 0.533. The number of hydrogen-bond donors (Lipinski definition) is 0. The number of hydrogen-bond acceptors (Lipinski definition) is 7. The third kappa shape index (κ3) is 3.88. The first-order chi connectivity index (χ1) is 10.7. The largest absolute Gasteiger partial charge is 0.374 e. The molecule has 0 unspecified atom stereocenters. The zero-order valence-electron chi connectivity index (χ0n) is 13.0. The van der Waals surface area contributed by atoms with Crippen LogP contribution in [0.4, 0.5) is 0 Å². The molecular weight excluding hydrogens is 282 g/mol. The molecule has 118 valence electrons. The van der Waals surface area contributed by atoms with E-state index in [2.05, 4.69) is 39.0 Å². The van der Waals surface area contributed by atoms with Crippen molar-refractivity contribution in [1.29, 1.82) is 0 Å². The van der Waals surface area contributed by atoms with Crippen LogP contribution >= 0.6 is 0 Å².